The first-order valence-electron chi connectivity index (χ1n) is 9.99. The number of anilines is 2. The predicted octanol–water partition coefficient (Wildman–Crippen LogP) is 5.70. The Hall–Kier alpha value is -2.79. The first kappa shape index (κ1) is 19.5. The zero-order valence-corrected chi connectivity index (χ0v) is 17.2. The fraction of sp³-hybridized carbons (Fsp3) is 0.250. The van der Waals surface area contributed by atoms with Gasteiger partial charge in [0.25, 0.3) is 0 Å². The van der Waals surface area contributed by atoms with Crippen molar-refractivity contribution in [1.29, 1.82) is 0 Å². The second-order valence-electron chi connectivity index (χ2n) is 7.36. The molecular formula is C24H24N2O2S. The van der Waals surface area contributed by atoms with Crippen molar-refractivity contribution in [3.8, 4) is 0 Å². The molecule has 0 bridgehead atoms. The number of hydrogen-bond acceptors (Lipinski definition) is 3. The highest BCUT2D eigenvalue weighted by molar-refractivity contribution is 8.00. The smallest absolute Gasteiger partial charge is 0.237 e. The molecule has 0 saturated heterocycles. The lowest BCUT2D eigenvalue weighted by atomic mass is 10.1. The number of hydrogen-bond donors (Lipinski definition) is 2. The Morgan fingerprint density at radius 2 is 1.69 bits per heavy atom. The molecule has 5 heteroatoms. The number of rotatable bonds is 7. The lowest BCUT2D eigenvalue weighted by molar-refractivity contribution is -0.117. The zero-order valence-electron chi connectivity index (χ0n) is 16.4. The third kappa shape index (κ3) is 4.98. The van der Waals surface area contributed by atoms with Gasteiger partial charge in [0, 0.05) is 22.2 Å². The molecule has 3 aromatic carbocycles. The summed E-state index contributed by atoms with van der Waals surface area (Å²) in [6.07, 6.45) is 2.67. The molecule has 1 fully saturated rings. The molecule has 1 saturated carbocycles. The Labute approximate surface area is 175 Å². The van der Waals surface area contributed by atoms with E-state index in [0.29, 0.717) is 6.42 Å². The van der Waals surface area contributed by atoms with Crippen molar-refractivity contribution in [2.45, 2.75) is 36.3 Å². The Kier molecular flexibility index (Phi) is 5.86. The maximum Gasteiger partial charge on any atom is 0.237 e. The molecule has 2 N–H and O–H groups in total. The Balaban J connectivity index is 1.42. The van der Waals surface area contributed by atoms with Crippen LogP contribution in [0.5, 0.6) is 0 Å². The van der Waals surface area contributed by atoms with Crippen molar-refractivity contribution in [3.05, 3.63) is 66.7 Å². The van der Waals surface area contributed by atoms with Crippen LogP contribution >= 0.6 is 11.8 Å². The van der Waals surface area contributed by atoms with Crippen LogP contribution in [0, 0.1) is 5.92 Å². The maximum absolute atomic E-state index is 12.8. The van der Waals surface area contributed by atoms with Gasteiger partial charge in [-0.1, -0.05) is 43.3 Å². The summed E-state index contributed by atoms with van der Waals surface area (Å²) < 4.78 is 0. The van der Waals surface area contributed by atoms with E-state index in [0.717, 1.165) is 39.9 Å². The number of thioether (sulfide) groups is 1. The first-order valence-corrected chi connectivity index (χ1v) is 10.9. The van der Waals surface area contributed by atoms with Gasteiger partial charge < -0.3 is 10.6 Å². The van der Waals surface area contributed by atoms with E-state index < -0.39 is 0 Å². The summed E-state index contributed by atoms with van der Waals surface area (Å²) in [6.45, 7) is 2.01. The van der Waals surface area contributed by atoms with E-state index in [1.165, 1.54) is 11.8 Å². The van der Waals surface area contributed by atoms with Crippen molar-refractivity contribution in [2.24, 2.45) is 5.92 Å². The highest BCUT2D eigenvalue weighted by Gasteiger charge is 2.29. The normalized spacial score (nSPS) is 14.4. The molecule has 4 nitrogen and oxygen atoms in total. The highest BCUT2D eigenvalue weighted by atomic mass is 32.2. The topological polar surface area (TPSA) is 58.2 Å². The molecule has 2 amide bonds. The quantitative estimate of drug-likeness (QED) is 0.497. The molecule has 0 spiro atoms. The minimum atomic E-state index is -0.212. The summed E-state index contributed by atoms with van der Waals surface area (Å²) in [7, 11) is 0. The van der Waals surface area contributed by atoms with Gasteiger partial charge in [0.2, 0.25) is 11.8 Å². The summed E-state index contributed by atoms with van der Waals surface area (Å²) in [5.41, 5.74) is 1.59. The van der Waals surface area contributed by atoms with Gasteiger partial charge in [0.1, 0.15) is 0 Å². The molecule has 148 valence electrons. The number of amides is 2. The van der Waals surface area contributed by atoms with Crippen LogP contribution < -0.4 is 10.6 Å². The maximum atomic E-state index is 12.8. The van der Waals surface area contributed by atoms with Crippen LogP contribution in [-0.4, -0.2) is 17.1 Å². The minimum absolute atomic E-state index is 0.0137. The summed E-state index contributed by atoms with van der Waals surface area (Å²) in [5.74, 6) is 0.246. The van der Waals surface area contributed by atoms with Crippen molar-refractivity contribution in [3.63, 3.8) is 0 Å². The monoisotopic (exact) mass is 404 g/mol. The fourth-order valence-corrected chi connectivity index (χ4v) is 4.23. The van der Waals surface area contributed by atoms with Crippen LogP contribution in [0.25, 0.3) is 10.8 Å². The van der Waals surface area contributed by atoms with E-state index in [2.05, 4.69) is 16.7 Å². The summed E-state index contributed by atoms with van der Waals surface area (Å²) in [4.78, 5) is 25.8. The van der Waals surface area contributed by atoms with Crippen molar-refractivity contribution in [2.75, 3.05) is 10.6 Å². The number of fused-ring (bicyclic) bond motifs is 1. The van der Waals surface area contributed by atoms with Crippen LogP contribution in [-0.2, 0) is 9.59 Å². The number of benzene rings is 3. The summed E-state index contributed by atoms with van der Waals surface area (Å²) in [6, 6.07) is 21.8. The first-order chi connectivity index (χ1) is 14.1. The second-order valence-corrected chi connectivity index (χ2v) is 8.63. The SMILES string of the molecule is CCC(Sc1cccc(NC(=O)C2CC2)c1)C(=O)Nc1ccc2ccccc2c1. The lowest BCUT2D eigenvalue weighted by Gasteiger charge is -2.16. The summed E-state index contributed by atoms with van der Waals surface area (Å²) >= 11 is 1.52. The lowest BCUT2D eigenvalue weighted by Crippen LogP contribution is -2.24. The highest BCUT2D eigenvalue weighted by Crippen LogP contribution is 2.32. The van der Waals surface area contributed by atoms with E-state index in [1.54, 1.807) is 0 Å². The van der Waals surface area contributed by atoms with Crippen LogP contribution in [0.15, 0.2) is 71.6 Å². The fourth-order valence-electron chi connectivity index (χ4n) is 3.21. The molecule has 1 atom stereocenters. The largest absolute Gasteiger partial charge is 0.326 e. The molecule has 1 aliphatic carbocycles. The molecular weight excluding hydrogens is 380 g/mol. The molecule has 29 heavy (non-hydrogen) atoms. The molecule has 0 radical (unpaired) electrons. The third-order valence-electron chi connectivity index (χ3n) is 5.01. The average Bonchev–Trinajstić information content (AvgIpc) is 3.57. The van der Waals surface area contributed by atoms with Crippen LogP contribution in [0.4, 0.5) is 11.4 Å². The van der Waals surface area contributed by atoms with Gasteiger partial charge in [-0.2, -0.15) is 0 Å². The minimum Gasteiger partial charge on any atom is -0.326 e. The van der Waals surface area contributed by atoms with Gasteiger partial charge >= 0.3 is 0 Å². The molecule has 1 unspecified atom stereocenters. The molecule has 1 aliphatic rings. The number of nitrogens with one attached hydrogen (secondary N) is 2. The average molecular weight is 405 g/mol. The molecule has 4 rings (SSSR count). The van der Waals surface area contributed by atoms with Crippen molar-refractivity contribution < 1.29 is 9.59 Å². The molecule has 0 aromatic heterocycles. The van der Waals surface area contributed by atoms with Gasteiger partial charge in [-0.15, -0.1) is 11.8 Å². The standard InChI is InChI=1S/C24H24N2O2S/c1-2-22(24(28)26-20-13-12-16-6-3-4-7-18(16)14-20)29-21-9-5-8-19(15-21)25-23(27)17-10-11-17/h3-9,12-15,17,22H,2,10-11H2,1H3,(H,25,27)(H,26,28). The predicted molar refractivity (Wildman–Crippen MR) is 120 cm³/mol. The molecule has 0 aliphatic heterocycles. The van der Waals surface area contributed by atoms with Gasteiger partial charge in [0.05, 0.1) is 5.25 Å². The van der Waals surface area contributed by atoms with Gasteiger partial charge in [-0.25, -0.2) is 0 Å². The Bertz CT molecular complexity index is 1050. The number of carbonyl (C=O) groups excluding carboxylic acids is 2. The number of carbonyl (C=O) groups is 2. The van der Waals surface area contributed by atoms with E-state index in [9.17, 15) is 9.59 Å². The Morgan fingerprint density at radius 1 is 0.931 bits per heavy atom. The Morgan fingerprint density at radius 3 is 2.45 bits per heavy atom. The molecule has 0 heterocycles. The summed E-state index contributed by atoms with van der Waals surface area (Å²) in [5, 5.41) is 8.05. The second kappa shape index (κ2) is 8.70. The van der Waals surface area contributed by atoms with Crippen LogP contribution in [0.1, 0.15) is 26.2 Å². The van der Waals surface area contributed by atoms with E-state index >= 15 is 0 Å². The van der Waals surface area contributed by atoms with E-state index in [4.69, 9.17) is 0 Å². The van der Waals surface area contributed by atoms with Gasteiger partial charge in [0.15, 0.2) is 0 Å². The van der Waals surface area contributed by atoms with E-state index in [-0.39, 0.29) is 23.0 Å². The van der Waals surface area contributed by atoms with E-state index in [1.807, 2.05) is 67.6 Å². The van der Waals surface area contributed by atoms with Crippen molar-refractivity contribution >= 4 is 45.7 Å². The van der Waals surface area contributed by atoms with Crippen LogP contribution in [0.3, 0.4) is 0 Å². The van der Waals surface area contributed by atoms with Crippen LogP contribution in [0.2, 0.25) is 0 Å². The van der Waals surface area contributed by atoms with Gasteiger partial charge in [-0.3, -0.25) is 9.59 Å². The van der Waals surface area contributed by atoms with Gasteiger partial charge in [-0.05, 0) is 60.4 Å². The van der Waals surface area contributed by atoms with Crippen molar-refractivity contribution in [1.82, 2.24) is 0 Å². The third-order valence-corrected chi connectivity index (χ3v) is 6.37. The molecule has 3 aromatic rings. The zero-order chi connectivity index (χ0) is 20.2.